The van der Waals surface area contributed by atoms with Gasteiger partial charge in [0.15, 0.2) is 0 Å². The molecule has 0 spiro atoms. The van der Waals surface area contributed by atoms with Gasteiger partial charge in [-0.15, -0.1) is 0 Å². The SMILES string of the molecule is O=C(CCc1ccc(Br)cc1)NC(CC(F)F)C(=O)O. The first-order chi connectivity index (χ1) is 9.38. The maximum absolute atomic E-state index is 12.2. The van der Waals surface area contributed by atoms with E-state index in [1.807, 2.05) is 24.3 Å². The molecule has 0 aliphatic carbocycles. The number of benzene rings is 1. The molecule has 1 aromatic rings. The molecular weight excluding hydrogens is 336 g/mol. The Labute approximate surface area is 123 Å². The highest BCUT2D eigenvalue weighted by Gasteiger charge is 2.23. The van der Waals surface area contributed by atoms with Gasteiger partial charge in [0.25, 0.3) is 0 Å². The summed E-state index contributed by atoms with van der Waals surface area (Å²) in [7, 11) is 0. The van der Waals surface area contributed by atoms with Crippen molar-refractivity contribution in [1.29, 1.82) is 0 Å². The number of carbonyl (C=O) groups excluding carboxylic acids is 1. The number of hydrogen-bond donors (Lipinski definition) is 2. The van der Waals surface area contributed by atoms with E-state index in [4.69, 9.17) is 5.11 Å². The van der Waals surface area contributed by atoms with Crippen molar-refractivity contribution in [2.45, 2.75) is 31.7 Å². The summed E-state index contributed by atoms with van der Waals surface area (Å²) < 4.78 is 25.2. The van der Waals surface area contributed by atoms with Crippen LogP contribution in [0.1, 0.15) is 18.4 Å². The number of carboxylic acid groups (broad SMARTS) is 1. The molecule has 0 heterocycles. The number of alkyl halides is 2. The van der Waals surface area contributed by atoms with Crippen molar-refractivity contribution < 1.29 is 23.5 Å². The smallest absolute Gasteiger partial charge is 0.326 e. The molecule has 0 saturated carbocycles. The molecule has 1 unspecified atom stereocenters. The van der Waals surface area contributed by atoms with Gasteiger partial charge in [-0.3, -0.25) is 4.79 Å². The van der Waals surface area contributed by atoms with E-state index in [1.165, 1.54) is 0 Å². The van der Waals surface area contributed by atoms with E-state index < -0.39 is 30.8 Å². The average Bonchev–Trinajstić information content (AvgIpc) is 2.36. The summed E-state index contributed by atoms with van der Waals surface area (Å²) in [6, 6.07) is 5.75. The van der Waals surface area contributed by atoms with Crippen LogP contribution in [0.2, 0.25) is 0 Å². The van der Waals surface area contributed by atoms with Crippen LogP contribution in [0.5, 0.6) is 0 Å². The highest BCUT2D eigenvalue weighted by molar-refractivity contribution is 9.10. The fourth-order valence-electron chi connectivity index (χ4n) is 1.58. The Balaban J connectivity index is 2.45. The second-order valence-corrected chi connectivity index (χ2v) is 5.13. The minimum atomic E-state index is -2.78. The Hall–Kier alpha value is -1.50. The summed E-state index contributed by atoms with van der Waals surface area (Å²) in [4.78, 5) is 22.3. The van der Waals surface area contributed by atoms with Crippen molar-refractivity contribution in [2.24, 2.45) is 0 Å². The molecule has 0 saturated heterocycles. The summed E-state index contributed by atoms with van der Waals surface area (Å²) >= 11 is 3.28. The van der Waals surface area contributed by atoms with Crippen molar-refractivity contribution in [3.63, 3.8) is 0 Å². The molecule has 2 N–H and O–H groups in total. The predicted octanol–water partition coefficient (Wildman–Crippen LogP) is 2.61. The number of carboxylic acids is 1. The first-order valence-corrected chi connectivity index (χ1v) is 6.72. The van der Waals surface area contributed by atoms with E-state index in [0.29, 0.717) is 6.42 Å². The van der Waals surface area contributed by atoms with Crippen LogP contribution in [0.15, 0.2) is 28.7 Å². The highest BCUT2D eigenvalue weighted by atomic mass is 79.9. The Kier molecular flexibility index (Phi) is 6.57. The van der Waals surface area contributed by atoms with Crippen LogP contribution in [-0.2, 0) is 16.0 Å². The molecule has 1 aromatic carbocycles. The lowest BCUT2D eigenvalue weighted by Crippen LogP contribution is -2.42. The number of hydrogen-bond acceptors (Lipinski definition) is 2. The zero-order valence-electron chi connectivity index (χ0n) is 10.5. The zero-order valence-corrected chi connectivity index (χ0v) is 12.1. The maximum Gasteiger partial charge on any atom is 0.326 e. The van der Waals surface area contributed by atoms with Gasteiger partial charge in [-0.25, -0.2) is 13.6 Å². The fraction of sp³-hybridized carbons (Fsp3) is 0.385. The molecule has 20 heavy (non-hydrogen) atoms. The number of aliphatic carboxylic acids is 1. The molecule has 0 fully saturated rings. The van der Waals surface area contributed by atoms with Crippen LogP contribution in [0, 0.1) is 0 Å². The van der Waals surface area contributed by atoms with Gasteiger partial charge in [-0.2, -0.15) is 0 Å². The fourth-order valence-corrected chi connectivity index (χ4v) is 1.84. The van der Waals surface area contributed by atoms with Gasteiger partial charge >= 0.3 is 5.97 Å². The summed E-state index contributed by atoms with van der Waals surface area (Å²) in [6.07, 6.45) is -3.20. The van der Waals surface area contributed by atoms with Gasteiger partial charge in [0.1, 0.15) is 6.04 Å². The van der Waals surface area contributed by atoms with E-state index in [-0.39, 0.29) is 6.42 Å². The topological polar surface area (TPSA) is 66.4 Å². The summed E-state index contributed by atoms with van der Waals surface area (Å²) in [5, 5.41) is 10.8. The molecule has 0 aliphatic rings. The van der Waals surface area contributed by atoms with E-state index in [1.54, 1.807) is 0 Å². The average molecular weight is 350 g/mol. The van der Waals surface area contributed by atoms with Crippen molar-refractivity contribution >= 4 is 27.8 Å². The monoisotopic (exact) mass is 349 g/mol. The lowest BCUT2D eigenvalue weighted by Gasteiger charge is -2.13. The van der Waals surface area contributed by atoms with Crippen molar-refractivity contribution in [1.82, 2.24) is 5.32 Å². The van der Waals surface area contributed by atoms with Crippen LogP contribution in [0.3, 0.4) is 0 Å². The summed E-state index contributed by atoms with van der Waals surface area (Å²) in [5.41, 5.74) is 0.907. The molecule has 4 nitrogen and oxygen atoms in total. The standard InChI is InChI=1S/C13H14BrF2NO3/c14-9-4-1-8(2-5-9)3-6-12(18)17-10(13(19)20)7-11(15)16/h1-2,4-5,10-11H,3,6-7H2,(H,17,18)(H,19,20). The molecule has 7 heteroatoms. The van der Waals surface area contributed by atoms with Crippen LogP contribution in [0.4, 0.5) is 8.78 Å². The zero-order chi connectivity index (χ0) is 15.1. The van der Waals surface area contributed by atoms with E-state index in [2.05, 4.69) is 21.2 Å². The predicted molar refractivity (Wildman–Crippen MR) is 72.7 cm³/mol. The Morgan fingerprint density at radius 2 is 1.85 bits per heavy atom. The van der Waals surface area contributed by atoms with Gasteiger partial charge < -0.3 is 10.4 Å². The van der Waals surface area contributed by atoms with Crippen LogP contribution >= 0.6 is 15.9 Å². The third kappa shape index (κ3) is 6.10. The van der Waals surface area contributed by atoms with Crippen molar-refractivity contribution in [3.8, 4) is 0 Å². The third-order valence-corrected chi connectivity index (χ3v) is 3.13. The second kappa shape index (κ2) is 7.94. The molecule has 0 radical (unpaired) electrons. The number of halogens is 3. The van der Waals surface area contributed by atoms with Gasteiger partial charge in [-0.1, -0.05) is 28.1 Å². The first-order valence-electron chi connectivity index (χ1n) is 5.93. The van der Waals surface area contributed by atoms with Crippen LogP contribution < -0.4 is 5.32 Å². The third-order valence-electron chi connectivity index (χ3n) is 2.60. The summed E-state index contributed by atoms with van der Waals surface area (Å²) in [5.74, 6) is -2.01. The largest absolute Gasteiger partial charge is 0.480 e. The first kappa shape index (κ1) is 16.6. The van der Waals surface area contributed by atoms with Gasteiger partial charge in [0.05, 0.1) is 0 Å². The Morgan fingerprint density at radius 1 is 1.25 bits per heavy atom. The molecule has 1 rings (SSSR count). The highest BCUT2D eigenvalue weighted by Crippen LogP contribution is 2.12. The number of carbonyl (C=O) groups is 2. The lowest BCUT2D eigenvalue weighted by atomic mass is 10.1. The minimum absolute atomic E-state index is 0.0502. The van der Waals surface area contributed by atoms with Crippen molar-refractivity contribution in [3.05, 3.63) is 34.3 Å². The van der Waals surface area contributed by atoms with Gasteiger partial charge in [0.2, 0.25) is 12.3 Å². The maximum atomic E-state index is 12.2. The number of nitrogens with one attached hydrogen (secondary N) is 1. The molecule has 0 aliphatic heterocycles. The van der Waals surface area contributed by atoms with Gasteiger partial charge in [0, 0.05) is 17.3 Å². The van der Waals surface area contributed by atoms with E-state index in [0.717, 1.165) is 10.0 Å². The van der Waals surface area contributed by atoms with E-state index >= 15 is 0 Å². The molecule has 110 valence electrons. The molecule has 1 amide bonds. The number of aryl methyl sites for hydroxylation is 1. The minimum Gasteiger partial charge on any atom is -0.480 e. The second-order valence-electron chi connectivity index (χ2n) is 4.21. The lowest BCUT2D eigenvalue weighted by molar-refractivity contribution is -0.143. The molecular formula is C13H14BrF2NO3. The Bertz CT molecular complexity index is 465. The molecule has 0 bridgehead atoms. The summed E-state index contributed by atoms with van der Waals surface area (Å²) in [6.45, 7) is 0. The quantitative estimate of drug-likeness (QED) is 0.795. The van der Waals surface area contributed by atoms with E-state index in [9.17, 15) is 18.4 Å². The Morgan fingerprint density at radius 3 is 2.35 bits per heavy atom. The van der Waals surface area contributed by atoms with Crippen molar-refractivity contribution in [2.75, 3.05) is 0 Å². The number of rotatable bonds is 7. The molecule has 1 atom stereocenters. The molecule has 0 aromatic heterocycles. The van der Waals surface area contributed by atoms with Crippen LogP contribution in [0.25, 0.3) is 0 Å². The van der Waals surface area contributed by atoms with Gasteiger partial charge in [-0.05, 0) is 24.1 Å². The normalized spacial score (nSPS) is 12.2. The van der Waals surface area contributed by atoms with Crippen LogP contribution in [-0.4, -0.2) is 29.5 Å². The number of amides is 1.